The van der Waals surface area contributed by atoms with Gasteiger partial charge in [0.25, 0.3) is 0 Å². The average molecular weight is 230 g/mol. The quantitative estimate of drug-likeness (QED) is 0.472. The molecule has 0 aromatic rings. The molecule has 0 rings (SSSR count). The molecule has 0 saturated heterocycles. The molecule has 0 saturated carbocycles. The van der Waals surface area contributed by atoms with Crippen molar-refractivity contribution in [2.24, 2.45) is 0 Å². The summed E-state index contributed by atoms with van der Waals surface area (Å²) in [4.78, 5) is 0. The zero-order valence-electron chi connectivity index (χ0n) is 9.49. The highest BCUT2D eigenvalue weighted by molar-refractivity contribution is 7.54. The van der Waals surface area contributed by atoms with E-state index >= 15 is 0 Å². The van der Waals surface area contributed by atoms with Crippen molar-refractivity contribution in [2.75, 3.05) is 19.4 Å². The molecule has 0 fully saturated rings. The molecular formula is C11H19O3P. The van der Waals surface area contributed by atoms with Gasteiger partial charge in [0.15, 0.2) is 0 Å². The minimum absolute atomic E-state index is 0.202. The Morgan fingerprint density at radius 1 is 1.20 bits per heavy atom. The second-order valence-electron chi connectivity index (χ2n) is 3.54. The molecular weight excluding hydrogens is 211 g/mol. The fourth-order valence-corrected chi connectivity index (χ4v) is 2.15. The molecule has 0 aliphatic carbocycles. The minimum atomic E-state index is -3.07. The molecule has 0 heterocycles. The van der Waals surface area contributed by atoms with Crippen molar-refractivity contribution >= 4 is 7.60 Å². The molecule has 4 heteroatoms. The summed E-state index contributed by atoms with van der Waals surface area (Å²) in [6, 6.07) is 0. The highest BCUT2D eigenvalue weighted by Crippen LogP contribution is 2.48. The van der Waals surface area contributed by atoms with E-state index in [0.29, 0.717) is 0 Å². The SMILES string of the molecule is C=CCP(=O)(OCC(=C)C)OCC(=C)C. The van der Waals surface area contributed by atoms with Gasteiger partial charge in [0.1, 0.15) is 0 Å². The molecule has 0 amide bonds. The van der Waals surface area contributed by atoms with Gasteiger partial charge < -0.3 is 9.05 Å². The molecule has 0 N–H and O–H groups in total. The van der Waals surface area contributed by atoms with Crippen LogP contribution < -0.4 is 0 Å². The molecule has 15 heavy (non-hydrogen) atoms. The van der Waals surface area contributed by atoms with Crippen LogP contribution in [0.25, 0.3) is 0 Å². The van der Waals surface area contributed by atoms with Crippen LogP contribution in [0.3, 0.4) is 0 Å². The number of allylic oxidation sites excluding steroid dienone is 1. The molecule has 3 nitrogen and oxygen atoms in total. The van der Waals surface area contributed by atoms with Crippen LogP contribution in [0.5, 0.6) is 0 Å². The van der Waals surface area contributed by atoms with E-state index in [9.17, 15) is 4.57 Å². The molecule has 0 aromatic carbocycles. The molecule has 0 bridgehead atoms. The highest BCUT2D eigenvalue weighted by Gasteiger charge is 2.22. The van der Waals surface area contributed by atoms with Gasteiger partial charge in [-0.2, -0.15) is 0 Å². The molecule has 0 spiro atoms. The summed E-state index contributed by atoms with van der Waals surface area (Å²) in [5.41, 5.74) is 1.61. The van der Waals surface area contributed by atoms with E-state index < -0.39 is 7.60 Å². The van der Waals surface area contributed by atoms with Crippen molar-refractivity contribution in [1.82, 2.24) is 0 Å². The summed E-state index contributed by atoms with van der Waals surface area (Å²) in [7, 11) is -3.07. The number of hydrogen-bond donors (Lipinski definition) is 0. The van der Waals surface area contributed by atoms with Gasteiger partial charge in [-0.1, -0.05) is 30.4 Å². The Kier molecular flexibility index (Phi) is 6.50. The summed E-state index contributed by atoms with van der Waals surface area (Å²) in [5, 5.41) is 0. The van der Waals surface area contributed by atoms with Crippen LogP contribution >= 0.6 is 7.60 Å². The van der Waals surface area contributed by atoms with E-state index in [2.05, 4.69) is 19.7 Å². The molecule has 86 valence electrons. The highest BCUT2D eigenvalue weighted by atomic mass is 31.2. The van der Waals surface area contributed by atoms with E-state index in [0.717, 1.165) is 11.1 Å². The van der Waals surface area contributed by atoms with Crippen LogP contribution in [0.1, 0.15) is 13.8 Å². The minimum Gasteiger partial charge on any atom is -0.304 e. The molecule has 0 aliphatic heterocycles. The van der Waals surface area contributed by atoms with Crippen molar-refractivity contribution < 1.29 is 13.6 Å². The summed E-state index contributed by atoms with van der Waals surface area (Å²) in [5.74, 6) is 0. The van der Waals surface area contributed by atoms with Gasteiger partial charge in [-0.25, -0.2) is 0 Å². The monoisotopic (exact) mass is 230 g/mol. The fraction of sp³-hybridized carbons (Fsp3) is 0.455. The molecule has 0 radical (unpaired) electrons. The third-order valence-electron chi connectivity index (χ3n) is 1.37. The maximum absolute atomic E-state index is 12.0. The lowest BCUT2D eigenvalue weighted by Crippen LogP contribution is -2.02. The average Bonchev–Trinajstić information content (AvgIpc) is 2.13. The first-order chi connectivity index (χ1) is 6.89. The lowest BCUT2D eigenvalue weighted by Gasteiger charge is -2.17. The van der Waals surface area contributed by atoms with Gasteiger partial charge in [0.05, 0.1) is 19.4 Å². The van der Waals surface area contributed by atoms with Crippen molar-refractivity contribution in [3.05, 3.63) is 37.0 Å². The van der Waals surface area contributed by atoms with Crippen molar-refractivity contribution in [3.8, 4) is 0 Å². The molecule has 0 unspecified atom stereocenters. The predicted octanol–water partition coefficient (Wildman–Crippen LogP) is 3.55. The third-order valence-corrected chi connectivity index (χ3v) is 3.12. The first kappa shape index (κ1) is 14.4. The zero-order chi connectivity index (χ0) is 11.9. The van der Waals surface area contributed by atoms with Crippen molar-refractivity contribution in [1.29, 1.82) is 0 Å². The first-order valence-corrected chi connectivity index (χ1v) is 6.40. The van der Waals surface area contributed by atoms with Crippen LogP contribution in [-0.2, 0) is 13.6 Å². The molecule has 0 aliphatic rings. The Morgan fingerprint density at radius 3 is 1.87 bits per heavy atom. The Bertz CT molecular complexity index is 272. The topological polar surface area (TPSA) is 35.5 Å². The largest absolute Gasteiger partial charge is 0.335 e. The van der Waals surface area contributed by atoms with Crippen molar-refractivity contribution in [3.63, 3.8) is 0 Å². The van der Waals surface area contributed by atoms with E-state index in [1.165, 1.54) is 6.08 Å². The maximum atomic E-state index is 12.0. The standard InChI is InChI=1S/C11H19O3P/c1-6-7-15(12,13-8-10(2)3)14-9-11(4)5/h6H,1-2,4,7-9H2,3,5H3. The van der Waals surface area contributed by atoms with Crippen molar-refractivity contribution in [2.45, 2.75) is 13.8 Å². The van der Waals surface area contributed by atoms with E-state index in [1.807, 2.05) is 0 Å². The van der Waals surface area contributed by atoms with Crippen LogP contribution in [0.4, 0.5) is 0 Å². The Balaban J connectivity index is 4.30. The summed E-state index contributed by atoms with van der Waals surface area (Å²) in [6.07, 6.45) is 1.73. The van der Waals surface area contributed by atoms with Crippen LogP contribution in [0.2, 0.25) is 0 Å². The van der Waals surface area contributed by atoms with Crippen LogP contribution in [0, 0.1) is 0 Å². The Morgan fingerprint density at radius 2 is 1.60 bits per heavy atom. The second kappa shape index (κ2) is 6.78. The summed E-state index contributed by atoms with van der Waals surface area (Å²) < 4.78 is 22.4. The fourth-order valence-electron chi connectivity index (χ4n) is 0.718. The number of hydrogen-bond acceptors (Lipinski definition) is 3. The number of rotatable bonds is 8. The van der Waals surface area contributed by atoms with Gasteiger partial charge >= 0.3 is 7.60 Å². The Labute approximate surface area is 92.0 Å². The van der Waals surface area contributed by atoms with Gasteiger partial charge in [-0.15, -0.1) is 6.58 Å². The summed E-state index contributed by atoms with van der Waals surface area (Å²) >= 11 is 0. The van der Waals surface area contributed by atoms with E-state index in [4.69, 9.17) is 9.05 Å². The predicted molar refractivity (Wildman–Crippen MR) is 64.2 cm³/mol. The smallest absolute Gasteiger partial charge is 0.304 e. The lowest BCUT2D eigenvalue weighted by molar-refractivity contribution is 0.232. The van der Waals surface area contributed by atoms with Gasteiger partial charge in [0, 0.05) is 0 Å². The van der Waals surface area contributed by atoms with E-state index in [1.54, 1.807) is 13.8 Å². The van der Waals surface area contributed by atoms with Crippen LogP contribution in [0.15, 0.2) is 37.0 Å². The van der Waals surface area contributed by atoms with Gasteiger partial charge in [-0.3, -0.25) is 4.57 Å². The summed E-state index contributed by atoms with van der Waals surface area (Å²) in [6.45, 7) is 14.9. The zero-order valence-corrected chi connectivity index (χ0v) is 10.4. The molecule has 0 aromatic heterocycles. The van der Waals surface area contributed by atoms with Gasteiger partial charge in [0.2, 0.25) is 0 Å². The third kappa shape index (κ3) is 7.32. The maximum Gasteiger partial charge on any atom is 0.335 e. The van der Waals surface area contributed by atoms with Gasteiger partial charge in [-0.05, 0) is 13.8 Å². The Hall–Kier alpha value is -0.630. The lowest BCUT2D eigenvalue weighted by atomic mass is 10.4. The van der Waals surface area contributed by atoms with Crippen LogP contribution in [-0.4, -0.2) is 19.4 Å². The molecule has 0 atom stereocenters. The normalized spacial score (nSPS) is 11.1. The van der Waals surface area contributed by atoms with E-state index in [-0.39, 0.29) is 19.4 Å². The first-order valence-electron chi connectivity index (χ1n) is 4.67. The second-order valence-corrected chi connectivity index (χ2v) is 5.65.